The molecule has 0 spiro atoms. The summed E-state index contributed by atoms with van der Waals surface area (Å²) in [5.74, 6) is 2.77. The molecule has 0 fully saturated rings. The molecule has 2 aromatic rings. The van der Waals surface area contributed by atoms with Gasteiger partial charge in [0, 0.05) is 19.8 Å². The van der Waals surface area contributed by atoms with Crippen LogP contribution >= 0.6 is 11.5 Å². The Kier molecular flexibility index (Phi) is 5.31. The third kappa shape index (κ3) is 3.61. The fourth-order valence-electron chi connectivity index (χ4n) is 3.39. The van der Waals surface area contributed by atoms with Gasteiger partial charge in [-0.1, -0.05) is 23.7 Å². The Bertz CT molecular complexity index is 1150. The first-order chi connectivity index (χ1) is 14.1. The number of aryl methyl sites for hydroxylation is 1. The van der Waals surface area contributed by atoms with E-state index in [0.29, 0.717) is 23.8 Å². The van der Waals surface area contributed by atoms with Crippen LogP contribution in [0, 0.1) is 0 Å². The molecule has 4 rings (SSSR count). The van der Waals surface area contributed by atoms with Crippen LogP contribution in [0.25, 0.3) is 21.7 Å². The van der Waals surface area contributed by atoms with Crippen LogP contribution in [0.15, 0.2) is 54.7 Å². The fraction of sp³-hybridized carbons (Fsp3) is 0.227. The van der Waals surface area contributed by atoms with E-state index in [9.17, 15) is 0 Å². The molecule has 0 radical (unpaired) electrons. The molecule has 2 aromatic carbocycles. The Morgan fingerprint density at radius 3 is 2.34 bits per heavy atom. The van der Waals surface area contributed by atoms with Gasteiger partial charge in [0.15, 0.2) is 17.3 Å². The topological polar surface area (TPSA) is 50.4 Å². The molecule has 7 heteroatoms. The van der Waals surface area contributed by atoms with Crippen LogP contribution in [0.3, 0.4) is 0 Å². The molecule has 2 aliphatic heterocycles. The van der Waals surface area contributed by atoms with Crippen molar-refractivity contribution >= 4 is 21.7 Å². The van der Waals surface area contributed by atoms with Crippen molar-refractivity contribution in [1.29, 1.82) is 0 Å². The summed E-state index contributed by atoms with van der Waals surface area (Å²) in [6.45, 7) is 0.615. The summed E-state index contributed by atoms with van der Waals surface area (Å²) >= 11 is 1.68. The van der Waals surface area contributed by atoms with Gasteiger partial charge in [0.05, 0.1) is 37.2 Å². The Labute approximate surface area is 173 Å². The van der Waals surface area contributed by atoms with Gasteiger partial charge >= 0.3 is 0 Å². The first-order valence-electron chi connectivity index (χ1n) is 9.18. The number of methoxy groups -OCH3 is 3. The zero-order valence-corrected chi connectivity index (χ0v) is 17.7. The SMILES string of the molecule is COc1cc(Cn2cccc3n(C)sc4ccccc4nc2-3)cc(OC)c1OC. The number of rotatable bonds is 5. The summed E-state index contributed by atoms with van der Waals surface area (Å²) in [6.07, 6.45) is 2.04. The molecular weight excluding hydrogens is 386 g/mol. The number of nitrogens with zero attached hydrogens (tertiary/aromatic N) is 3. The Hall–Kier alpha value is -3.19. The molecule has 0 unspecified atom stereocenters. The first kappa shape index (κ1) is 19.1. The maximum atomic E-state index is 5.50. The summed E-state index contributed by atoms with van der Waals surface area (Å²) in [6, 6.07) is 16.3. The average Bonchev–Trinajstić information content (AvgIpc) is 2.89. The second-order valence-electron chi connectivity index (χ2n) is 6.55. The highest BCUT2D eigenvalue weighted by Gasteiger charge is 2.15. The Balaban J connectivity index is 1.87. The molecular formula is C22H23N3O3S. The lowest BCUT2D eigenvalue weighted by Gasteiger charge is -2.17. The molecule has 0 aliphatic carbocycles. The molecule has 150 valence electrons. The summed E-state index contributed by atoms with van der Waals surface area (Å²) in [7, 11) is 6.92. The van der Waals surface area contributed by atoms with Crippen molar-refractivity contribution in [3.63, 3.8) is 0 Å². The van der Waals surface area contributed by atoms with Crippen LogP contribution in [0.2, 0.25) is 0 Å². The normalized spacial score (nSPS) is 10.9. The van der Waals surface area contributed by atoms with Gasteiger partial charge in [-0.2, -0.15) is 0 Å². The zero-order chi connectivity index (χ0) is 20.4. The number of fused-ring (bicyclic) bond motifs is 2. The minimum absolute atomic E-state index is 0.588. The maximum Gasteiger partial charge on any atom is 0.203 e. The number of aromatic nitrogens is 3. The van der Waals surface area contributed by atoms with Crippen molar-refractivity contribution in [1.82, 2.24) is 13.5 Å². The summed E-state index contributed by atoms with van der Waals surface area (Å²) in [5, 5.41) is 0. The van der Waals surface area contributed by atoms with Crippen LogP contribution in [-0.4, -0.2) is 34.8 Å². The Morgan fingerprint density at radius 2 is 1.66 bits per heavy atom. The zero-order valence-electron chi connectivity index (χ0n) is 16.9. The van der Waals surface area contributed by atoms with Crippen LogP contribution in [0.4, 0.5) is 0 Å². The standard InChI is InChI=1S/C22H23N3O3S/c1-24-17-9-7-11-25(22(17)23-16-8-5-6-10-20(16)29-24)14-15-12-18(26-2)21(28-4)19(13-15)27-3/h5-13H,14H2,1-4H3. The van der Waals surface area contributed by atoms with Crippen molar-refractivity contribution in [3.05, 3.63) is 60.3 Å². The molecule has 0 saturated carbocycles. The van der Waals surface area contributed by atoms with E-state index in [2.05, 4.69) is 27.7 Å². The van der Waals surface area contributed by atoms with E-state index >= 15 is 0 Å². The third-order valence-electron chi connectivity index (χ3n) is 4.76. The van der Waals surface area contributed by atoms with E-state index < -0.39 is 0 Å². The van der Waals surface area contributed by atoms with Gasteiger partial charge in [0.2, 0.25) is 5.75 Å². The van der Waals surface area contributed by atoms with E-state index in [1.54, 1.807) is 32.9 Å². The molecule has 0 amide bonds. The van der Waals surface area contributed by atoms with Crippen molar-refractivity contribution in [2.45, 2.75) is 6.54 Å². The first-order valence-corrected chi connectivity index (χ1v) is 9.95. The monoisotopic (exact) mass is 409 g/mol. The molecule has 0 atom stereocenters. The highest BCUT2D eigenvalue weighted by atomic mass is 32.1. The van der Waals surface area contributed by atoms with E-state index in [-0.39, 0.29) is 0 Å². The van der Waals surface area contributed by atoms with Gasteiger partial charge in [0.25, 0.3) is 0 Å². The van der Waals surface area contributed by atoms with E-state index in [1.807, 2.05) is 42.6 Å². The fourth-order valence-corrected chi connectivity index (χ4v) is 4.27. The van der Waals surface area contributed by atoms with Gasteiger partial charge < -0.3 is 18.8 Å². The molecule has 0 bridgehead atoms. The Morgan fingerprint density at radius 1 is 0.931 bits per heavy atom. The number of ether oxygens (including phenoxy) is 3. The molecule has 0 aromatic heterocycles. The second-order valence-corrected chi connectivity index (χ2v) is 7.72. The smallest absolute Gasteiger partial charge is 0.203 e. The molecule has 29 heavy (non-hydrogen) atoms. The van der Waals surface area contributed by atoms with Gasteiger partial charge in [-0.05, 0) is 42.0 Å². The number of hydrogen-bond donors (Lipinski definition) is 0. The number of hydrogen-bond acceptors (Lipinski definition) is 5. The van der Waals surface area contributed by atoms with Crippen molar-refractivity contribution in [3.8, 4) is 28.8 Å². The van der Waals surface area contributed by atoms with Gasteiger partial charge in [0.1, 0.15) is 0 Å². The van der Waals surface area contributed by atoms with E-state index in [4.69, 9.17) is 19.2 Å². The van der Waals surface area contributed by atoms with Gasteiger partial charge in [-0.25, -0.2) is 4.98 Å². The lowest BCUT2D eigenvalue weighted by Crippen LogP contribution is -2.08. The van der Waals surface area contributed by atoms with E-state index in [0.717, 1.165) is 27.3 Å². The maximum absolute atomic E-state index is 5.50. The third-order valence-corrected chi connectivity index (χ3v) is 5.78. The van der Waals surface area contributed by atoms with Crippen LogP contribution < -0.4 is 14.2 Å². The summed E-state index contributed by atoms with van der Waals surface area (Å²) in [4.78, 5) is 4.98. The van der Waals surface area contributed by atoms with E-state index in [1.165, 1.54) is 0 Å². The predicted octanol–water partition coefficient (Wildman–Crippen LogP) is 4.74. The highest BCUT2D eigenvalue weighted by molar-refractivity contribution is 7.13. The molecule has 2 aliphatic rings. The highest BCUT2D eigenvalue weighted by Crippen LogP contribution is 2.38. The van der Waals surface area contributed by atoms with Gasteiger partial charge in [-0.3, -0.25) is 3.96 Å². The number of benzene rings is 2. The molecule has 2 heterocycles. The minimum Gasteiger partial charge on any atom is -0.493 e. The molecule has 6 nitrogen and oxygen atoms in total. The van der Waals surface area contributed by atoms with Crippen LogP contribution in [0.5, 0.6) is 17.2 Å². The quantitative estimate of drug-likeness (QED) is 0.478. The predicted molar refractivity (Wildman–Crippen MR) is 116 cm³/mol. The van der Waals surface area contributed by atoms with Crippen molar-refractivity contribution in [2.75, 3.05) is 21.3 Å². The summed E-state index contributed by atoms with van der Waals surface area (Å²) < 4.78 is 21.9. The second kappa shape index (κ2) is 8.05. The number of pyridine rings is 1. The number of para-hydroxylation sites is 1. The summed E-state index contributed by atoms with van der Waals surface area (Å²) in [5.41, 5.74) is 3.05. The van der Waals surface area contributed by atoms with Gasteiger partial charge in [-0.15, -0.1) is 0 Å². The minimum atomic E-state index is 0.588. The lowest BCUT2D eigenvalue weighted by atomic mass is 10.1. The average molecular weight is 410 g/mol. The molecule has 0 N–H and O–H groups in total. The van der Waals surface area contributed by atoms with Crippen LogP contribution in [0.1, 0.15) is 5.56 Å². The van der Waals surface area contributed by atoms with Crippen molar-refractivity contribution in [2.24, 2.45) is 7.05 Å². The van der Waals surface area contributed by atoms with Crippen LogP contribution in [-0.2, 0) is 13.6 Å². The lowest BCUT2D eigenvalue weighted by molar-refractivity contribution is 0.323. The van der Waals surface area contributed by atoms with Crippen molar-refractivity contribution < 1.29 is 14.2 Å². The molecule has 0 saturated heterocycles. The largest absolute Gasteiger partial charge is 0.493 e.